The fourth-order valence-corrected chi connectivity index (χ4v) is 2.38. The maximum Gasteiger partial charge on any atom is 0.242 e. The maximum atomic E-state index is 12.4. The zero-order chi connectivity index (χ0) is 13.4. The number of Topliss-reactive ketones (excluding diaryl/α,β-unsaturated/α-hetero) is 1. The number of hydrogen-bond donors (Lipinski definition) is 0. The number of amides is 1. The summed E-state index contributed by atoms with van der Waals surface area (Å²) in [5, 5.41) is 0. The van der Waals surface area contributed by atoms with Crippen molar-refractivity contribution in [1.82, 2.24) is 0 Å². The van der Waals surface area contributed by atoms with Gasteiger partial charge < -0.3 is 0 Å². The summed E-state index contributed by atoms with van der Waals surface area (Å²) in [6.45, 7) is 1.66. The number of nitrogens with zero attached hydrogens (tertiary/aromatic N) is 1. The zero-order valence-electron chi connectivity index (χ0n) is 10.5. The second kappa shape index (κ2) is 4.35. The Hall–Kier alpha value is -2.42. The molecule has 0 spiro atoms. The zero-order valence-corrected chi connectivity index (χ0v) is 10.5. The minimum absolute atomic E-state index is 0.104. The molecule has 0 saturated heterocycles. The Morgan fingerprint density at radius 1 is 0.895 bits per heavy atom. The first kappa shape index (κ1) is 11.7. The molecular formula is C16H13NO2. The van der Waals surface area contributed by atoms with Gasteiger partial charge in [-0.25, -0.2) is 0 Å². The van der Waals surface area contributed by atoms with Gasteiger partial charge in [0.25, 0.3) is 0 Å². The molecule has 1 aliphatic heterocycles. The van der Waals surface area contributed by atoms with E-state index in [4.69, 9.17) is 0 Å². The van der Waals surface area contributed by atoms with Gasteiger partial charge in [-0.1, -0.05) is 30.3 Å². The Bertz CT molecular complexity index is 649. The number of benzene rings is 2. The van der Waals surface area contributed by atoms with E-state index in [0.29, 0.717) is 11.3 Å². The molecule has 1 heterocycles. The Morgan fingerprint density at radius 2 is 1.53 bits per heavy atom. The molecule has 2 aromatic carbocycles. The van der Waals surface area contributed by atoms with E-state index in [2.05, 4.69) is 0 Å². The van der Waals surface area contributed by atoms with Crippen molar-refractivity contribution >= 4 is 23.1 Å². The second-order valence-electron chi connectivity index (χ2n) is 4.61. The monoisotopic (exact) mass is 251 g/mol. The van der Waals surface area contributed by atoms with Crippen molar-refractivity contribution in [3.05, 3.63) is 60.2 Å². The Morgan fingerprint density at radius 3 is 2.26 bits per heavy atom. The summed E-state index contributed by atoms with van der Waals surface area (Å²) in [5.74, 6) is -0.905. The standard InChI is InChI=1S/C16H13NO2/c1-11-15(18)13-9-5-6-10-14(13)17(16(11)19)12-7-3-2-4-8-12/h2-11H,1H3. The third-order valence-corrected chi connectivity index (χ3v) is 3.41. The lowest BCUT2D eigenvalue weighted by Crippen LogP contribution is -2.40. The van der Waals surface area contributed by atoms with Crippen molar-refractivity contribution < 1.29 is 9.59 Å². The highest BCUT2D eigenvalue weighted by molar-refractivity contribution is 6.23. The number of carbonyl (C=O) groups excluding carboxylic acids is 2. The third kappa shape index (κ3) is 1.74. The van der Waals surface area contributed by atoms with Crippen LogP contribution in [0.4, 0.5) is 11.4 Å². The van der Waals surface area contributed by atoms with E-state index in [9.17, 15) is 9.59 Å². The number of para-hydroxylation sites is 2. The molecule has 0 radical (unpaired) electrons. The van der Waals surface area contributed by atoms with E-state index in [1.165, 1.54) is 0 Å². The van der Waals surface area contributed by atoms with Crippen LogP contribution in [0.5, 0.6) is 0 Å². The van der Waals surface area contributed by atoms with Gasteiger partial charge in [0.2, 0.25) is 5.91 Å². The van der Waals surface area contributed by atoms with E-state index in [1.54, 1.807) is 17.9 Å². The topological polar surface area (TPSA) is 37.4 Å². The van der Waals surface area contributed by atoms with E-state index >= 15 is 0 Å². The van der Waals surface area contributed by atoms with E-state index < -0.39 is 5.92 Å². The lowest BCUT2D eigenvalue weighted by molar-refractivity contribution is -0.120. The van der Waals surface area contributed by atoms with E-state index in [0.717, 1.165) is 5.69 Å². The molecule has 3 nitrogen and oxygen atoms in total. The van der Waals surface area contributed by atoms with Crippen LogP contribution in [0.25, 0.3) is 0 Å². The molecule has 94 valence electrons. The second-order valence-corrected chi connectivity index (χ2v) is 4.61. The fourth-order valence-electron chi connectivity index (χ4n) is 2.38. The summed E-state index contributed by atoms with van der Waals surface area (Å²) in [6, 6.07) is 16.7. The molecule has 0 bridgehead atoms. The molecule has 2 aromatic rings. The number of hydrogen-bond acceptors (Lipinski definition) is 2. The van der Waals surface area contributed by atoms with Crippen LogP contribution in [0.1, 0.15) is 17.3 Å². The van der Waals surface area contributed by atoms with E-state index in [-0.39, 0.29) is 11.7 Å². The number of carbonyl (C=O) groups is 2. The molecule has 0 fully saturated rings. The lowest BCUT2D eigenvalue weighted by atomic mass is 9.91. The predicted molar refractivity (Wildman–Crippen MR) is 73.5 cm³/mol. The van der Waals surface area contributed by atoms with Gasteiger partial charge in [0, 0.05) is 11.3 Å². The normalized spacial score (nSPS) is 18.4. The summed E-state index contributed by atoms with van der Waals surface area (Å²) < 4.78 is 0. The van der Waals surface area contributed by atoms with Crippen LogP contribution >= 0.6 is 0 Å². The molecule has 0 saturated carbocycles. The average molecular weight is 251 g/mol. The van der Waals surface area contributed by atoms with Crippen molar-refractivity contribution in [2.45, 2.75) is 6.92 Å². The van der Waals surface area contributed by atoms with Gasteiger partial charge in [0.05, 0.1) is 11.6 Å². The summed E-state index contributed by atoms with van der Waals surface area (Å²) in [5.41, 5.74) is 2.07. The molecule has 0 aromatic heterocycles. The predicted octanol–water partition coefficient (Wildman–Crippen LogP) is 3.18. The van der Waals surface area contributed by atoms with Crippen LogP contribution < -0.4 is 4.90 Å². The van der Waals surface area contributed by atoms with Gasteiger partial charge in [-0.2, -0.15) is 0 Å². The molecule has 1 atom stereocenters. The van der Waals surface area contributed by atoms with Crippen molar-refractivity contribution in [3.8, 4) is 0 Å². The number of rotatable bonds is 1. The Labute approximate surface area is 111 Å². The van der Waals surface area contributed by atoms with Crippen molar-refractivity contribution in [2.75, 3.05) is 4.90 Å². The van der Waals surface area contributed by atoms with Gasteiger partial charge >= 0.3 is 0 Å². The van der Waals surface area contributed by atoms with Crippen molar-refractivity contribution in [2.24, 2.45) is 5.92 Å². The molecule has 0 N–H and O–H groups in total. The number of fused-ring (bicyclic) bond motifs is 1. The van der Waals surface area contributed by atoms with Crippen LogP contribution in [0.3, 0.4) is 0 Å². The Balaban J connectivity index is 2.22. The minimum atomic E-state index is -0.630. The van der Waals surface area contributed by atoms with Gasteiger partial charge in [-0.3, -0.25) is 14.5 Å². The fraction of sp³-hybridized carbons (Fsp3) is 0.125. The molecule has 1 amide bonds. The smallest absolute Gasteiger partial charge is 0.242 e. The highest BCUT2D eigenvalue weighted by Crippen LogP contribution is 2.35. The van der Waals surface area contributed by atoms with Gasteiger partial charge in [0.1, 0.15) is 0 Å². The number of ketones is 1. The quantitative estimate of drug-likeness (QED) is 0.730. The average Bonchev–Trinajstić information content (AvgIpc) is 2.46. The van der Waals surface area contributed by atoms with Gasteiger partial charge in [0.15, 0.2) is 5.78 Å². The highest BCUT2D eigenvalue weighted by atomic mass is 16.2. The largest absolute Gasteiger partial charge is 0.293 e. The van der Waals surface area contributed by atoms with Crippen molar-refractivity contribution in [3.63, 3.8) is 0 Å². The first-order valence-corrected chi connectivity index (χ1v) is 6.22. The molecule has 1 unspecified atom stereocenters. The molecule has 1 aliphatic rings. The molecule has 0 aliphatic carbocycles. The molecule has 19 heavy (non-hydrogen) atoms. The molecular weight excluding hydrogens is 238 g/mol. The number of anilines is 2. The summed E-state index contributed by atoms with van der Waals surface area (Å²) >= 11 is 0. The highest BCUT2D eigenvalue weighted by Gasteiger charge is 2.36. The molecule has 3 heteroatoms. The third-order valence-electron chi connectivity index (χ3n) is 3.41. The maximum absolute atomic E-state index is 12.4. The van der Waals surface area contributed by atoms with Crippen LogP contribution in [-0.4, -0.2) is 11.7 Å². The SMILES string of the molecule is CC1C(=O)c2ccccc2N(c2ccccc2)C1=O. The summed E-state index contributed by atoms with van der Waals surface area (Å²) in [4.78, 5) is 26.2. The lowest BCUT2D eigenvalue weighted by Gasteiger charge is -2.31. The Kier molecular flexibility index (Phi) is 2.67. The molecule has 3 rings (SSSR count). The van der Waals surface area contributed by atoms with Crippen LogP contribution in [-0.2, 0) is 4.79 Å². The van der Waals surface area contributed by atoms with Crippen molar-refractivity contribution in [1.29, 1.82) is 0 Å². The van der Waals surface area contributed by atoms with Crippen LogP contribution in [0.15, 0.2) is 54.6 Å². The minimum Gasteiger partial charge on any atom is -0.293 e. The summed E-state index contributed by atoms with van der Waals surface area (Å²) in [7, 11) is 0. The summed E-state index contributed by atoms with van der Waals surface area (Å²) in [6.07, 6.45) is 0. The van der Waals surface area contributed by atoms with Crippen LogP contribution in [0.2, 0.25) is 0 Å². The first-order valence-electron chi connectivity index (χ1n) is 6.22. The van der Waals surface area contributed by atoms with E-state index in [1.807, 2.05) is 48.5 Å². The van der Waals surface area contributed by atoms with Gasteiger partial charge in [-0.15, -0.1) is 0 Å². The van der Waals surface area contributed by atoms with Crippen LogP contribution in [0, 0.1) is 5.92 Å². The first-order chi connectivity index (χ1) is 9.20. The van der Waals surface area contributed by atoms with Gasteiger partial charge in [-0.05, 0) is 31.2 Å².